The van der Waals surface area contributed by atoms with Gasteiger partial charge in [-0.15, -0.1) is 0 Å². The molecule has 26 heavy (non-hydrogen) atoms. The van der Waals surface area contributed by atoms with Crippen molar-refractivity contribution < 1.29 is 14.3 Å². The summed E-state index contributed by atoms with van der Waals surface area (Å²) in [5, 5.41) is 6.06. The van der Waals surface area contributed by atoms with Gasteiger partial charge in [-0.05, 0) is 44.9 Å². The molecule has 0 atom stereocenters. The fraction of sp³-hybridized carbons (Fsp3) is 0.100. The summed E-state index contributed by atoms with van der Waals surface area (Å²) in [6.07, 6.45) is 1.53. The quantitative estimate of drug-likeness (QED) is 0.488. The molecule has 132 valence electrons. The molecule has 5 nitrogen and oxygen atoms in total. The van der Waals surface area contributed by atoms with Crippen LogP contribution in [0.2, 0.25) is 0 Å². The van der Waals surface area contributed by atoms with Gasteiger partial charge in [0.1, 0.15) is 11.5 Å². The Morgan fingerprint density at radius 1 is 1.08 bits per heavy atom. The number of hydrogen-bond donors (Lipinski definition) is 1. The number of para-hydroxylation sites is 1. The van der Waals surface area contributed by atoms with E-state index in [4.69, 9.17) is 9.47 Å². The lowest BCUT2D eigenvalue weighted by Crippen LogP contribution is -2.24. The first-order valence-electron chi connectivity index (χ1n) is 7.94. The maximum atomic E-state index is 11.9. The number of carbonyl (C=O) groups excluding carboxylic acids is 1. The van der Waals surface area contributed by atoms with Crippen LogP contribution in [0.15, 0.2) is 70.2 Å². The van der Waals surface area contributed by atoms with Crippen LogP contribution < -0.4 is 14.9 Å². The van der Waals surface area contributed by atoms with Gasteiger partial charge in [0.15, 0.2) is 6.61 Å². The third kappa shape index (κ3) is 4.21. The van der Waals surface area contributed by atoms with E-state index >= 15 is 0 Å². The Morgan fingerprint density at radius 3 is 2.69 bits per heavy atom. The standard InChI is InChI=1S/C20H17BrN2O3/c1-25-17-9-5-3-7-15(17)12-22-23-19(24)13-26-18-11-10-14-6-2-4-8-16(14)20(18)21/h2-12H,13H2,1H3,(H,23,24). The molecule has 1 N–H and O–H groups in total. The number of nitrogens with one attached hydrogen (secondary N) is 1. The van der Waals surface area contributed by atoms with Gasteiger partial charge in [0.25, 0.3) is 5.91 Å². The summed E-state index contributed by atoms with van der Waals surface area (Å²) in [7, 11) is 1.58. The van der Waals surface area contributed by atoms with Crippen molar-refractivity contribution in [1.82, 2.24) is 5.43 Å². The van der Waals surface area contributed by atoms with Crippen LogP contribution in [0.5, 0.6) is 11.5 Å². The molecule has 3 aromatic carbocycles. The van der Waals surface area contributed by atoms with Crippen molar-refractivity contribution in [1.29, 1.82) is 0 Å². The Hall–Kier alpha value is -2.86. The lowest BCUT2D eigenvalue weighted by Gasteiger charge is -2.09. The highest BCUT2D eigenvalue weighted by atomic mass is 79.9. The van der Waals surface area contributed by atoms with Gasteiger partial charge in [-0.25, -0.2) is 5.43 Å². The van der Waals surface area contributed by atoms with Gasteiger partial charge in [-0.1, -0.05) is 42.5 Å². The molecule has 0 aliphatic rings. The highest BCUT2D eigenvalue weighted by Gasteiger charge is 2.08. The van der Waals surface area contributed by atoms with Gasteiger partial charge in [-0.2, -0.15) is 5.10 Å². The minimum atomic E-state index is -0.351. The number of amides is 1. The van der Waals surface area contributed by atoms with E-state index in [0.29, 0.717) is 11.5 Å². The van der Waals surface area contributed by atoms with Crippen molar-refractivity contribution in [3.8, 4) is 11.5 Å². The maximum Gasteiger partial charge on any atom is 0.277 e. The van der Waals surface area contributed by atoms with Crippen molar-refractivity contribution >= 4 is 38.8 Å². The number of hydrogen-bond acceptors (Lipinski definition) is 4. The first kappa shape index (κ1) is 17.9. The minimum Gasteiger partial charge on any atom is -0.496 e. The monoisotopic (exact) mass is 412 g/mol. The average Bonchev–Trinajstić information content (AvgIpc) is 2.68. The Morgan fingerprint density at radius 2 is 1.85 bits per heavy atom. The van der Waals surface area contributed by atoms with E-state index in [1.807, 2.05) is 60.7 Å². The molecule has 0 spiro atoms. The lowest BCUT2D eigenvalue weighted by atomic mass is 10.1. The molecule has 0 saturated carbocycles. The molecule has 6 heteroatoms. The molecule has 0 saturated heterocycles. The highest BCUT2D eigenvalue weighted by Crippen LogP contribution is 2.32. The zero-order valence-corrected chi connectivity index (χ0v) is 15.7. The zero-order chi connectivity index (χ0) is 18.4. The fourth-order valence-electron chi connectivity index (χ4n) is 2.45. The number of hydrazone groups is 1. The molecule has 3 rings (SSSR count). The minimum absolute atomic E-state index is 0.139. The van der Waals surface area contributed by atoms with Gasteiger partial charge in [0.2, 0.25) is 0 Å². The average molecular weight is 413 g/mol. The molecule has 0 heterocycles. The van der Waals surface area contributed by atoms with Crippen LogP contribution in [0, 0.1) is 0 Å². The molecular formula is C20H17BrN2O3. The third-order valence-electron chi connectivity index (χ3n) is 3.72. The first-order valence-corrected chi connectivity index (χ1v) is 8.73. The van der Waals surface area contributed by atoms with Crippen LogP contribution in [-0.4, -0.2) is 25.8 Å². The second kappa shape index (κ2) is 8.49. The molecule has 3 aromatic rings. The van der Waals surface area contributed by atoms with Gasteiger partial charge >= 0.3 is 0 Å². The van der Waals surface area contributed by atoms with Crippen LogP contribution in [0.25, 0.3) is 10.8 Å². The number of benzene rings is 3. The predicted molar refractivity (Wildman–Crippen MR) is 106 cm³/mol. The molecule has 0 fully saturated rings. The van der Waals surface area contributed by atoms with Crippen molar-refractivity contribution in [3.05, 3.63) is 70.7 Å². The SMILES string of the molecule is COc1ccccc1C=NNC(=O)COc1ccc2ccccc2c1Br. The Balaban J connectivity index is 1.59. The van der Waals surface area contributed by atoms with Crippen molar-refractivity contribution in [2.24, 2.45) is 5.10 Å². The summed E-state index contributed by atoms with van der Waals surface area (Å²) < 4.78 is 11.6. The number of fused-ring (bicyclic) bond motifs is 1. The van der Waals surface area contributed by atoms with Crippen molar-refractivity contribution in [3.63, 3.8) is 0 Å². The molecular weight excluding hydrogens is 396 g/mol. The van der Waals surface area contributed by atoms with E-state index in [0.717, 1.165) is 20.8 Å². The van der Waals surface area contributed by atoms with Gasteiger partial charge < -0.3 is 9.47 Å². The molecule has 1 amide bonds. The lowest BCUT2D eigenvalue weighted by molar-refractivity contribution is -0.123. The molecule has 0 unspecified atom stereocenters. The number of carbonyl (C=O) groups is 1. The van der Waals surface area contributed by atoms with Crippen LogP contribution in [-0.2, 0) is 4.79 Å². The second-order valence-electron chi connectivity index (χ2n) is 5.42. The topological polar surface area (TPSA) is 59.9 Å². The third-order valence-corrected chi connectivity index (χ3v) is 4.54. The van der Waals surface area contributed by atoms with Crippen molar-refractivity contribution in [2.45, 2.75) is 0 Å². The van der Waals surface area contributed by atoms with Gasteiger partial charge in [0, 0.05) is 5.56 Å². The number of nitrogens with zero attached hydrogens (tertiary/aromatic N) is 1. The van der Waals surface area contributed by atoms with Gasteiger partial charge in [-0.3, -0.25) is 4.79 Å². The summed E-state index contributed by atoms with van der Waals surface area (Å²) in [6, 6.07) is 19.1. The molecule has 0 bridgehead atoms. The fourth-order valence-corrected chi connectivity index (χ4v) is 3.06. The summed E-state index contributed by atoms with van der Waals surface area (Å²) in [5.74, 6) is 0.936. The van der Waals surface area contributed by atoms with Crippen LogP contribution in [0.3, 0.4) is 0 Å². The summed E-state index contributed by atoms with van der Waals surface area (Å²) in [5.41, 5.74) is 3.22. The van der Waals surface area contributed by atoms with E-state index < -0.39 is 0 Å². The number of ether oxygens (including phenoxy) is 2. The second-order valence-corrected chi connectivity index (χ2v) is 6.22. The zero-order valence-electron chi connectivity index (χ0n) is 14.1. The Bertz CT molecular complexity index is 957. The number of methoxy groups -OCH3 is 1. The van der Waals surface area contributed by atoms with E-state index in [1.54, 1.807) is 7.11 Å². The van der Waals surface area contributed by atoms with E-state index in [1.165, 1.54) is 6.21 Å². The Kier molecular flexibility index (Phi) is 5.86. The van der Waals surface area contributed by atoms with Crippen LogP contribution in [0.4, 0.5) is 0 Å². The van der Waals surface area contributed by atoms with Crippen molar-refractivity contribution in [2.75, 3.05) is 13.7 Å². The van der Waals surface area contributed by atoms with E-state index in [9.17, 15) is 4.79 Å². The smallest absolute Gasteiger partial charge is 0.277 e. The summed E-state index contributed by atoms with van der Waals surface area (Å²) in [4.78, 5) is 11.9. The van der Waals surface area contributed by atoms with E-state index in [2.05, 4.69) is 26.5 Å². The van der Waals surface area contributed by atoms with Crippen LogP contribution in [0.1, 0.15) is 5.56 Å². The first-order chi connectivity index (χ1) is 12.7. The van der Waals surface area contributed by atoms with E-state index in [-0.39, 0.29) is 12.5 Å². The number of rotatable bonds is 6. The molecule has 0 aromatic heterocycles. The summed E-state index contributed by atoms with van der Waals surface area (Å²) >= 11 is 3.53. The van der Waals surface area contributed by atoms with Crippen LogP contribution >= 0.6 is 15.9 Å². The highest BCUT2D eigenvalue weighted by molar-refractivity contribution is 9.10. The van der Waals surface area contributed by atoms with Gasteiger partial charge in [0.05, 0.1) is 17.8 Å². The molecule has 0 aliphatic heterocycles. The Labute approximate surface area is 159 Å². The maximum absolute atomic E-state index is 11.9. The normalized spacial score (nSPS) is 10.8. The largest absolute Gasteiger partial charge is 0.496 e. The molecule has 0 radical (unpaired) electrons. The molecule has 0 aliphatic carbocycles. The predicted octanol–water partition coefficient (Wildman–Crippen LogP) is 4.14. The summed E-state index contributed by atoms with van der Waals surface area (Å²) in [6.45, 7) is -0.139. The number of halogens is 1.